The smallest absolute Gasteiger partial charge is 0.121 e. The summed E-state index contributed by atoms with van der Waals surface area (Å²) >= 11 is 12.0. The van der Waals surface area contributed by atoms with E-state index < -0.39 is 0 Å². The Labute approximate surface area is 175 Å². The van der Waals surface area contributed by atoms with Crippen molar-refractivity contribution in [3.05, 3.63) is 100 Å². The molecule has 144 valence electrons. The molecule has 3 nitrogen and oxygen atoms in total. The van der Waals surface area contributed by atoms with Gasteiger partial charge in [0.1, 0.15) is 25.2 Å². The molecule has 1 saturated heterocycles. The van der Waals surface area contributed by atoms with Crippen LogP contribution in [0.5, 0.6) is 5.75 Å². The zero-order valence-corrected chi connectivity index (χ0v) is 16.8. The molecule has 5 heteroatoms. The van der Waals surface area contributed by atoms with Crippen molar-refractivity contribution in [2.75, 3.05) is 19.9 Å². The first-order chi connectivity index (χ1) is 13.7. The third-order valence-electron chi connectivity index (χ3n) is 4.84. The summed E-state index contributed by atoms with van der Waals surface area (Å²) in [5, 5.41) is 1.01. The first kappa shape index (κ1) is 19.3. The van der Waals surface area contributed by atoms with Gasteiger partial charge in [0, 0.05) is 12.6 Å². The third-order valence-corrected chi connectivity index (χ3v) is 5.58. The van der Waals surface area contributed by atoms with E-state index in [0.29, 0.717) is 29.1 Å². The number of hydrogen-bond acceptors (Lipinski definition) is 3. The lowest BCUT2D eigenvalue weighted by molar-refractivity contribution is 0.0551. The highest BCUT2D eigenvalue weighted by atomic mass is 35.5. The molecule has 0 aliphatic carbocycles. The van der Waals surface area contributed by atoms with Crippen molar-refractivity contribution in [3.8, 4) is 5.75 Å². The highest BCUT2D eigenvalue weighted by Gasteiger charge is 2.31. The molecule has 1 aliphatic heterocycles. The summed E-state index contributed by atoms with van der Waals surface area (Å²) in [5.41, 5.74) is 2.51. The van der Waals surface area contributed by atoms with E-state index in [2.05, 4.69) is 53.4 Å². The van der Waals surface area contributed by atoms with Gasteiger partial charge in [0.15, 0.2) is 0 Å². The lowest BCUT2D eigenvalue weighted by atomic mass is 9.97. The molecular formula is C23H21Cl2NO2. The minimum absolute atomic E-state index is 0.00984. The number of benzene rings is 3. The molecular weight excluding hydrogens is 393 g/mol. The average Bonchev–Trinajstić information content (AvgIpc) is 3.19. The summed E-state index contributed by atoms with van der Waals surface area (Å²) in [6.45, 7) is 1.81. The Hall–Kier alpha value is -2.04. The van der Waals surface area contributed by atoms with Crippen LogP contribution in [-0.2, 0) is 4.74 Å². The second-order valence-corrected chi connectivity index (χ2v) is 7.61. The van der Waals surface area contributed by atoms with Gasteiger partial charge in [-0.3, -0.25) is 4.90 Å². The van der Waals surface area contributed by atoms with Crippen molar-refractivity contribution in [2.45, 2.75) is 12.1 Å². The average molecular weight is 414 g/mol. The van der Waals surface area contributed by atoms with Crippen LogP contribution >= 0.6 is 23.2 Å². The summed E-state index contributed by atoms with van der Waals surface area (Å²) in [4.78, 5) is 2.34. The number of halogens is 2. The molecule has 0 amide bonds. The van der Waals surface area contributed by atoms with E-state index in [-0.39, 0.29) is 12.1 Å². The zero-order valence-electron chi connectivity index (χ0n) is 15.3. The topological polar surface area (TPSA) is 21.7 Å². The fourth-order valence-corrected chi connectivity index (χ4v) is 3.78. The van der Waals surface area contributed by atoms with Crippen molar-refractivity contribution in [1.82, 2.24) is 4.90 Å². The van der Waals surface area contributed by atoms with Crippen LogP contribution in [0.4, 0.5) is 0 Å². The zero-order chi connectivity index (χ0) is 19.3. The second-order valence-electron chi connectivity index (χ2n) is 6.80. The largest absolute Gasteiger partial charge is 0.491 e. The Balaban J connectivity index is 1.45. The first-order valence-electron chi connectivity index (χ1n) is 9.24. The molecule has 0 N–H and O–H groups in total. The van der Waals surface area contributed by atoms with Gasteiger partial charge in [-0.05, 0) is 23.3 Å². The van der Waals surface area contributed by atoms with Crippen LogP contribution in [0.3, 0.4) is 0 Å². The van der Waals surface area contributed by atoms with Crippen LogP contribution in [0, 0.1) is 0 Å². The van der Waals surface area contributed by atoms with E-state index in [9.17, 15) is 0 Å². The van der Waals surface area contributed by atoms with Crippen LogP contribution in [0.15, 0.2) is 78.9 Å². The Kier molecular flexibility index (Phi) is 6.18. The molecule has 0 bridgehead atoms. The molecule has 1 unspecified atom stereocenters. The van der Waals surface area contributed by atoms with Gasteiger partial charge >= 0.3 is 0 Å². The van der Waals surface area contributed by atoms with Gasteiger partial charge in [-0.15, -0.1) is 0 Å². The lowest BCUT2D eigenvalue weighted by Gasteiger charge is -2.27. The molecule has 28 heavy (non-hydrogen) atoms. The Morgan fingerprint density at radius 3 is 2.14 bits per heavy atom. The molecule has 1 atom stereocenters. The lowest BCUT2D eigenvalue weighted by Crippen LogP contribution is -2.30. The highest BCUT2D eigenvalue weighted by molar-refractivity contribution is 6.42. The maximum atomic E-state index is 6.06. The van der Waals surface area contributed by atoms with Crippen molar-refractivity contribution < 1.29 is 9.47 Å². The summed E-state index contributed by atoms with van der Waals surface area (Å²) in [6, 6.07) is 26.5. The number of rotatable bonds is 6. The second kappa shape index (κ2) is 8.97. The molecule has 0 spiro atoms. The van der Waals surface area contributed by atoms with E-state index >= 15 is 0 Å². The van der Waals surface area contributed by atoms with Crippen molar-refractivity contribution in [2.24, 2.45) is 0 Å². The van der Waals surface area contributed by atoms with Crippen LogP contribution in [0.1, 0.15) is 17.2 Å². The minimum atomic E-state index is -0.00984. The van der Waals surface area contributed by atoms with Gasteiger partial charge in [0.2, 0.25) is 0 Å². The Morgan fingerprint density at radius 2 is 1.54 bits per heavy atom. The predicted octanol–water partition coefficient (Wildman–Crippen LogP) is 5.82. The van der Waals surface area contributed by atoms with Gasteiger partial charge in [-0.25, -0.2) is 0 Å². The Morgan fingerprint density at radius 1 is 0.893 bits per heavy atom. The standard InChI is InChI=1S/C23H21Cl2NO2/c24-21-12-11-19(13-22(21)25)27-15-20-14-26(16-28-20)23(17-7-3-1-4-8-17)18-9-5-2-6-10-18/h1-13,20,23H,14-16H2. The highest BCUT2D eigenvalue weighted by Crippen LogP contribution is 2.31. The van der Waals surface area contributed by atoms with Crippen molar-refractivity contribution in [1.29, 1.82) is 0 Å². The van der Waals surface area contributed by atoms with Gasteiger partial charge < -0.3 is 9.47 Å². The molecule has 0 aromatic heterocycles. The molecule has 3 aromatic rings. The SMILES string of the molecule is Clc1ccc(OCC2CN(C(c3ccccc3)c3ccccc3)CO2)cc1Cl. The summed E-state index contributed by atoms with van der Waals surface area (Å²) < 4.78 is 11.9. The monoisotopic (exact) mass is 413 g/mol. The fraction of sp³-hybridized carbons (Fsp3) is 0.217. The summed E-state index contributed by atoms with van der Waals surface area (Å²) in [7, 11) is 0. The Bertz CT molecular complexity index is 865. The minimum Gasteiger partial charge on any atom is -0.491 e. The normalized spacial score (nSPS) is 17.2. The van der Waals surface area contributed by atoms with Gasteiger partial charge in [0.05, 0.1) is 16.1 Å². The number of ether oxygens (including phenoxy) is 2. The maximum absolute atomic E-state index is 6.06. The molecule has 1 fully saturated rings. The molecule has 0 saturated carbocycles. The molecule has 1 aliphatic rings. The van der Waals surface area contributed by atoms with Crippen molar-refractivity contribution >= 4 is 23.2 Å². The fourth-order valence-electron chi connectivity index (χ4n) is 3.49. The molecule has 1 heterocycles. The first-order valence-corrected chi connectivity index (χ1v) is 9.99. The predicted molar refractivity (Wildman–Crippen MR) is 113 cm³/mol. The molecule has 3 aromatic carbocycles. The quantitative estimate of drug-likeness (QED) is 0.507. The van der Waals surface area contributed by atoms with E-state index in [1.54, 1.807) is 12.1 Å². The molecule has 4 rings (SSSR count). The van der Waals surface area contributed by atoms with E-state index in [1.165, 1.54) is 11.1 Å². The number of nitrogens with zero attached hydrogens (tertiary/aromatic N) is 1. The van der Waals surface area contributed by atoms with E-state index in [0.717, 1.165) is 6.54 Å². The van der Waals surface area contributed by atoms with Gasteiger partial charge in [-0.2, -0.15) is 0 Å². The van der Waals surface area contributed by atoms with Crippen LogP contribution in [-0.4, -0.2) is 30.9 Å². The third kappa shape index (κ3) is 4.50. The van der Waals surface area contributed by atoms with Crippen LogP contribution < -0.4 is 4.74 Å². The van der Waals surface area contributed by atoms with Crippen molar-refractivity contribution in [3.63, 3.8) is 0 Å². The van der Waals surface area contributed by atoms with Gasteiger partial charge in [0.25, 0.3) is 0 Å². The van der Waals surface area contributed by atoms with E-state index in [1.807, 2.05) is 18.2 Å². The van der Waals surface area contributed by atoms with Crippen LogP contribution in [0.2, 0.25) is 10.0 Å². The maximum Gasteiger partial charge on any atom is 0.121 e. The molecule has 0 radical (unpaired) electrons. The number of hydrogen-bond donors (Lipinski definition) is 0. The summed E-state index contributed by atoms with van der Waals surface area (Å²) in [6.07, 6.45) is -0.00984. The van der Waals surface area contributed by atoms with Crippen LogP contribution in [0.25, 0.3) is 0 Å². The summed E-state index contributed by atoms with van der Waals surface area (Å²) in [5.74, 6) is 0.694. The van der Waals surface area contributed by atoms with E-state index in [4.69, 9.17) is 32.7 Å². The van der Waals surface area contributed by atoms with Gasteiger partial charge in [-0.1, -0.05) is 83.9 Å².